The van der Waals surface area contributed by atoms with Crippen LogP contribution in [0.3, 0.4) is 0 Å². The molecule has 0 aliphatic heterocycles. The number of nitrogens with zero attached hydrogens (tertiary/aromatic N) is 1. The third kappa shape index (κ3) is 5.16. The van der Waals surface area contributed by atoms with E-state index in [-0.39, 0.29) is 28.6 Å². The highest BCUT2D eigenvalue weighted by Gasteiger charge is 2.25. The lowest BCUT2D eigenvalue weighted by molar-refractivity contribution is -0.524. The summed E-state index contributed by atoms with van der Waals surface area (Å²) in [6.07, 6.45) is 1.05. The van der Waals surface area contributed by atoms with E-state index in [1.807, 2.05) is 31.2 Å². The Kier molecular flexibility index (Phi) is 7.28. The van der Waals surface area contributed by atoms with Crippen LogP contribution in [0.1, 0.15) is 47.8 Å². The van der Waals surface area contributed by atoms with Crippen LogP contribution in [0.15, 0.2) is 46.9 Å². The van der Waals surface area contributed by atoms with Gasteiger partial charge in [0.15, 0.2) is 0 Å². The Bertz CT molecular complexity index is 900. The van der Waals surface area contributed by atoms with Crippen molar-refractivity contribution < 1.29 is 19.6 Å². The summed E-state index contributed by atoms with van der Waals surface area (Å²) in [5.41, 5.74) is 1.34. The van der Waals surface area contributed by atoms with Crippen molar-refractivity contribution in [3.63, 3.8) is 0 Å². The van der Waals surface area contributed by atoms with E-state index in [0.29, 0.717) is 12.8 Å². The quantitative estimate of drug-likeness (QED) is 0.449. The fourth-order valence-electron chi connectivity index (χ4n) is 2.86. The lowest BCUT2D eigenvalue weighted by Gasteiger charge is -2.18. The average molecular weight is 449 g/mol. The van der Waals surface area contributed by atoms with Crippen molar-refractivity contribution in [3.8, 4) is 0 Å². The predicted molar refractivity (Wildman–Crippen MR) is 109 cm³/mol. The van der Waals surface area contributed by atoms with E-state index in [2.05, 4.69) is 21.2 Å². The molecule has 2 rings (SSSR count). The van der Waals surface area contributed by atoms with E-state index in [4.69, 9.17) is 0 Å². The topological polar surface area (TPSA) is 110 Å². The van der Waals surface area contributed by atoms with Crippen molar-refractivity contribution in [2.45, 2.75) is 32.7 Å². The van der Waals surface area contributed by atoms with Crippen molar-refractivity contribution in [2.24, 2.45) is 5.92 Å². The van der Waals surface area contributed by atoms with E-state index in [1.54, 1.807) is 0 Å². The van der Waals surface area contributed by atoms with Gasteiger partial charge in [0.1, 0.15) is 0 Å². The highest BCUT2D eigenvalue weighted by molar-refractivity contribution is 9.10. The van der Waals surface area contributed by atoms with Gasteiger partial charge in [0.2, 0.25) is 11.9 Å². The summed E-state index contributed by atoms with van der Waals surface area (Å²) in [7, 11) is 0. The molecule has 0 aromatic heterocycles. The molecule has 0 radical (unpaired) electrons. The van der Waals surface area contributed by atoms with Gasteiger partial charge in [-0.15, -0.1) is 0 Å². The van der Waals surface area contributed by atoms with Gasteiger partial charge in [-0.1, -0.05) is 41.1 Å². The Morgan fingerprint density at radius 3 is 2.50 bits per heavy atom. The van der Waals surface area contributed by atoms with Gasteiger partial charge in [0, 0.05) is 27.8 Å². The maximum atomic E-state index is 12.8. The number of rotatable bonds is 8. The Morgan fingerprint density at radius 1 is 1.25 bits per heavy atom. The Hall–Kier alpha value is -2.74. The van der Waals surface area contributed by atoms with Crippen LogP contribution in [0, 0.1) is 16.0 Å². The second-order valence-electron chi connectivity index (χ2n) is 6.46. The largest absolute Gasteiger partial charge is 0.478 e. The van der Waals surface area contributed by atoms with Crippen molar-refractivity contribution in [1.82, 2.24) is 0 Å². The van der Waals surface area contributed by atoms with Gasteiger partial charge in [-0.3, -0.25) is 14.9 Å². The number of nitrogens with one attached hydrogen (secondary N) is 1. The predicted octanol–water partition coefficient (Wildman–Crippen LogP) is 4.69. The van der Waals surface area contributed by atoms with Gasteiger partial charge in [0.25, 0.3) is 0 Å². The molecular weight excluding hydrogens is 428 g/mol. The molecule has 2 N–H and O–H groups in total. The molecule has 28 heavy (non-hydrogen) atoms. The smallest absolute Gasteiger partial charge is 0.335 e. The molecular formula is C20H21BrN2O5. The fourth-order valence-corrected chi connectivity index (χ4v) is 3.31. The molecule has 8 heteroatoms. The molecule has 7 nitrogen and oxygen atoms in total. The van der Waals surface area contributed by atoms with E-state index < -0.39 is 16.9 Å². The number of carboxylic acid groups (broad SMARTS) is 1. The Labute approximate surface area is 171 Å². The minimum atomic E-state index is -1.17. The molecule has 2 atom stereocenters. The maximum absolute atomic E-state index is 12.8. The number of carboxylic acids is 1. The molecule has 0 aliphatic carbocycles. The minimum absolute atomic E-state index is 0.0477. The van der Waals surface area contributed by atoms with E-state index in [0.717, 1.165) is 10.0 Å². The number of hydrogen-bond donors (Lipinski definition) is 2. The second kappa shape index (κ2) is 9.45. The van der Waals surface area contributed by atoms with Crippen LogP contribution in [0.25, 0.3) is 0 Å². The number of benzene rings is 2. The minimum Gasteiger partial charge on any atom is -0.478 e. The summed E-state index contributed by atoms with van der Waals surface area (Å²) in [5, 5.41) is 23.1. The molecule has 0 saturated heterocycles. The molecule has 0 spiro atoms. The van der Waals surface area contributed by atoms with Gasteiger partial charge in [-0.05, 0) is 42.7 Å². The number of halogens is 1. The molecule has 0 fully saturated rings. The number of nitro groups is 1. The zero-order valence-electron chi connectivity index (χ0n) is 15.5. The summed E-state index contributed by atoms with van der Waals surface area (Å²) in [6, 6.07) is 10.4. The molecule has 2 unspecified atom stereocenters. The van der Waals surface area contributed by atoms with Crippen LogP contribution < -0.4 is 5.32 Å². The molecule has 0 heterocycles. The third-order valence-corrected chi connectivity index (χ3v) is 5.39. The summed E-state index contributed by atoms with van der Waals surface area (Å²) in [6.45, 7) is 3.28. The normalized spacial score (nSPS) is 12.8. The zero-order valence-corrected chi connectivity index (χ0v) is 17.1. The first-order valence-electron chi connectivity index (χ1n) is 8.79. The first kappa shape index (κ1) is 21.6. The Balaban J connectivity index is 2.31. The summed E-state index contributed by atoms with van der Waals surface area (Å²) < 4.78 is 0.900. The van der Waals surface area contributed by atoms with Gasteiger partial charge in [-0.2, -0.15) is 0 Å². The van der Waals surface area contributed by atoms with Gasteiger partial charge in [-0.25, -0.2) is 4.79 Å². The van der Waals surface area contributed by atoms with Crippen LogP contribution in [0.5, 0.6) is 0 Å². The lowest BCUT2D eigenvalue weighted by Crippen LogP contribution is -2.25. The highest BCUT2D eigenvalue weighted by Crippen LogP contribution is 2.28. The first-order chi connectivity index (χ1) is 13.2. The van der Waals surface area contributed by atoms with Crippen molar-refractivity contribution >= 4 is 33.5 Å². The third-order valence-electron chi connectivity index (χ3n) is 4.61. The van der Waals surface area contributed by atoms with Crippen LogP contribution in [0.4, 0.5) is 5.69 Å². The summed E-state index contributed by atoms with van der Waals surface area (Å²) >= 11 is 3.47. The van der Waals surface area contributed by atoms with E-state index in [9.17, 15) is 24.8 Å². The van der Waals surface area contributed by atoms with Gasteiger partial charge in [0.05, 0.1) is 11.3 Å². The summed E-state index contributed by atoms with van der Waals surface area (Å²) in [4.78, 5) is 34.8. The van der Waals surface area contributed by atoms with Crippen LogP contribution in [0.2, 0.25) is 0 Å². The number of anilines is 1. The van der Waals surface area contributed by atoms with Crippen LogP contribution >= 0.6 is 15.9 Å². The number of hydrogen-bond acceptors (Lipinski definition) is 4. The van der Waals surface area contributed by atoms with Gasteiger partial charge < -0.3 is 10.4 Å². The number of carbonyl (C=O) groups excluding carboxylic acids is 1. The SMILES string of the molecule is CCC(Cc1ccccc1Br)C(=O)Nc1cc(C(=O)O)ccc1C(C)[N+](=O)[O-]. The molecule has 0 aliphatic rings. The highest BCUT2D eigenvalue weighted by atomic mass is 79.9. The first-order valence-corrected chi connectivity index (χ1v) is 9.58. The number of aromatic carboxylic acids is 1. The molecule has 0 saturated carbocycles. The molecule has 148 valence electrons. The fraction of sp³-hybridized carbons (Fsp3) is 0.300. The second-order valence-corrected chi connectivity index (χ2v) is 7.31. The van der Waals surface area contributed by atoms with E-state index in [1.165, 1.54) is 25.1 Å². The maximum Gasteiger partial charge on any atom is 0.335 e. The van der Waals surface area contributed by atoms with Crippen LogP contribution in [-0.4, -0.2) is 21.9 Å². The zero-order chi connectivity index (χ0) is 20.8. The average Bonchev–Trinajstić information content (AvgIpc) is 2.66. The van der Waals surface area contributed by atoms with Crippen LogP contribution in [-0.2, 0) is 11.2 Å². The molecule has 0 bridgehead atoms. The number of carbonyl (C=O) groups is 2. The standard InChI is InChI=1S/C20H21BrN2O5/c1-3-13(10-14-6-4-5-7-17(14)21)19(24)22-18-11-15(20(25)26)8-9-16(18)12(2)23(27)28/h4-9,11-13H,3,10H2,1-2H3,(H,22,24)(H,25,26). The number of amides is 1. The van der Waals surface area contributed by atoms with Crippen molar-refractivity contribution in [1.29, 1.82) is 0 Å². The molecule has 2 aromatic rings. The molecule has 2 aromatic carbocycles. The van der Waals surface area contributed by atoms with Crippen molar-refractivity contribution in [3.05, 3.63) is 73.7 Å². The summed E-state index contributed by atoms with van der Waals surface area (Å²) in [5.74, 6) is -1.85. The molecule has 1 amide bonds. The van der Waals surface area contributed by atoms with E-state index >= 15 is 0 Å². The lowest BCUT2D eigenvalue weighted by atomic mass is 9.95. The Morgan fingerprint density at radius 2 is 1.93 bits per heavy atom. The monoisotopic (exact) mass is 448 g/mol. The van der Waals surface area contributed by atoms with Crippen molar-refractivity contribution in [2.75, 3.05) is 5.32 Å². The van der Waals surface area contributed by atoms with Gasteiger partial charge >= 0.3 is 5.97 Å².